The highest BCUT2D eigenvalue weighted by molar-refractivity contribution is 5.78. The molecule has 2 aromatic carbocycles. The van der Waals surface area contributed by atoms with Crippen molar-refractivity contribution >= 4 is 6.03 Å². The number of urea groups is 1. The first-order valence-electron chi connectivity index (χ1n) is 12.7. The predicted molar refractivity (Wildman–Crippen MR) is 134 cm³/mol. The first-order valence-corrected chi connectivity index (χ1v) is 12.7. The second kappa shape index (κ2) is 9.07. The van der Waals surface area contributed by atoms with Crippen LogP contribution in [0.25, 0.3) is 0 Å². The largest absolute Gasteiger partial charge is 0.320 e. The molecule has 0 radical (unpaired) electrons. The van der Waals surface area contributed by atoms with Gasteiger partial charge in [-0.2, -0.15) is 5.26 Å². The zero-order valence-electron chi connectivity index (χ0n) is 20.5. The number of amides is 2. The molecule has 3 aliphatic rings. The maximum atomic E-state index is 13.8. The molecule has 0 unspecified atom stereocenters. The van der Waals surface area contributed by atoms with Crippen LogP contribution in [0.4, 0.5) is 4.79 Å². The molecular weight excluding hydrogens is 420 g/mol. The Kier molecular flexibility index (Phi) is 6.12. The quantitative estimate of drug-likeness (QED) is 0.587. The molecule has 1 heterocycles. The van der Waals surface area contributed by atoms with Gasteiger partial charge in [0.15, 0.2) is 0 Å². The van der Waals surface area contributed by atoms with Crippen LogP contribution in [-0.4, -0.2) is 53.5 Å². The number of nitriles is 1. The van der Waals surface area contributed by atoms with E-state index < -0.39 is 0 Å². The molecule has 178 valence electrons. The second-order valence-corrected chi connectivity index (χ2v) is 10.9. The molecule has 2 aliphatic carbocycles. The summed E-state index contributed by atoms with van der Waals surface area (Å²) in [5.41, 5.74) is 3.01. The molecule has 5 rings (SSSR count). The third-order valence-electron chi connectivity index (χ3n) is 8.83. The van der Waals surface area contributed by atoms with Crippen molar-refractivity contribution in [2.45, 2.75) is 62.6 Å². The summed E-state index contributed by atoms with van der Waals surface area (Å²) in [6.07, 6.45) is 7.93. The van der Waals surface area contributed by atoms with Crippen molar-refractivity contribution in [2.24, 2.45) is 5.92 Å². The molecule has 2 saturated carbocycles. The molecule has 5 nitrogen and oxygen atoms in total. The standard InChI is InChI=1S/C29H36N4O/c1-31(2)29(26-12-4-3-5-13-26)16-14-28(15-17-29)22-32(20-25-11-7-10-24(18-25)19-30)27(34)33(28)21-23-8-6-9-23/h3-5,7,10-13,18,23H,6,8-9,14-17,20-22H2,1-2H3/t28-,29+. The summed E-state index contributed by atoms with van der Waals surface area (Å²) >= 11 is 0. The molecule has 5 heteroatoms. The molecule has 2 amide bonds. The van der Waals surface area contributed by atoms with E-state index in [0.717, 1.165) is 44.3 Å². The van der Waals surface area contributed by atoms with Crippen LogP contribution in [0.3, 0.4) is 0 Å². The number of hydrogen-bond donors (Lipinski definition) is 0. The smallest absolute Gasteiger partial charge is 0.318 e. The van der Waals surface area contributed by atoms with Crippen molar-refractivity contribution < 1.29 is 4.79 Å². The van der Waals surface area contributed by atoms with Crippen LogP contribution in [0.15, 0.2) is 54.6 Å². The number of rotatable bonds is 6. The fourth-order valence-corrected chi connectivity index (χ4v) is 6.47. The molecule has 0 bridgehead atoms. The van der Waals surface area contributed by atoms with E-state index in [-0.39, 0.29) is 17.1 Å². The van der Waals surface area contributed by atoms with Crippen LogP contribution in [0.2, 0.25) is 0 Å². The molecule has 1 saturated heterocycles. The first kappa shape index (κ1) is 22.9. The minimum absolute atomic E-state index is 0.0201. The highest BCUT2D eigenvalue weighted by atomic mass is 16.2. The van der Waals surface area contributed by atoms with Crippen LogP contribution in [0.5, 0.6) is 0 Å². The van der Waals surface area contributed by atoms with Gasteiger partial charge in [-0.1, -0.05) is 48.9 Å². The van der Waals surface area contributed by atoms with Gasteiger partial charge in [0, 0.05) is 25.2 Å². The van der Waals surface area contributed by atoms with Crippen LogP contribution in [-0.2, 0) is 12.1 Å². The van der Waals surface area contributed by atoms with Gasteiger partial charge in [0.05, 0.1) is 17.2 Å². The van der Waals surface area contributed by atoms with Crippen molar-refractivity contribution in [3.63, 3.8) is 0 Å². The van der Waals surface area contributed by atoms with Crippen molar-refractivity contribution in [3.8, 4) is 6.07 Å². The third-order valence-corrected chi connectivity index (χ3v) is 8.83. The molecule has 1 aliphatic heterocycles. The Morgan fingerprint density at radius 3 is 2.38 bits per heavy atom. The summed E-state index contributed by atoms with van der Waals surface area (Å²) < 4.78 is 0. The number of carbonyl (C=O) groups excluding carboxylic acids is 1. The van der Waals surface area contributed by atoms with E-state index in [1.807, 2.05) is 29.2 Å². The highest BCUT2D eigenvalue weighted by Crippen LogP contribution is 2.49. The lowest BCUT2D eigenvalue weighted by atomic mass is 9.68. The Morgan fingerprint density at radius 2 is 1.76 bits per heavy atom. The highest BCUT2D eigenvalue weighted by Gasteiger charge is 2.54. The molecule has 0 N–H and O–H groups in total. The molecule has 0 atom stereocenters. The van der Waals surface area contributed by atoms with Crippen molar-refractivity contribution in [1.82, 2.24) is 14.7 Å². The van der Waals surface area contributed by atoms with E-state index in [2.05, 4.69) is 60.3 Å². The van der Waals surface area contributed by atoms with Gasteiger partial charge in [-0.05, 0) is 81.8 Å². The van der Waals surface area contributed by atoms with Crippen LogP contribution >= 0.6 is 0 Å². The van der Waals surface area contributed by atoms with Gasteiger partial charge >= 0.3 is 6.03 Å². The van der Waals surface area contributed by atoms with E-state index in [4.69, 9.17) is 0 Å². The lowest BCUT2D eigenvalue weighted by molar-refractivity contribution is 0.0159. The summed E-state index contributed by atoms with van der Waals surface area (Å²) in [5, 5.41) is 9.29. The molecular formula is C29H36N4O. The maximum Gasteiger partial charge on any atom is 0.320 e. The molecule has 0 aromatic heterocycles. The number of benzene rings is 2. The Morgan fingerprint density at radius 1 is 1.03 bits per heavy atom. The first-order chi connectivity index (χ1) is 16.5. The fraction of sp³-hybridized carbons (Fsp3) is 0.517. The van der Waals surface area contributed by atoms with E-state index in [1.165, 1.54) is 24.8 Å². The second-order valence-electron chi connectivity index (χ2n) is 10.9. The average molecular weight is 457 g/mol. The van der Waals surface area contributed by atoms with E-state index in [1.54, 1.807) is 0 Å². The number of nitrogens with zero attached hydrogens (tertiary/aromatic N) is 4. The van der Waals surface area contributed by atoms with Gasteiger partial charge in [0.25, 0.3) is 0 Å². The van der Waals surface area contributed by atoms with Crippen LogP contribution in [0.1, 0.15) is 61.6 Å². The number of carbonyl (C=O) groups is 1. The van der Waals surface area contributed by atoms with Crippen LogP contribution in [0, 0.1) is 17.2 Å². The molecule has 1 spiro atoms. The normalized spacial score (nSPS) is 27.3. The molecule has 34 heavy (non-hydrogen) atoms. The van der Waals surface area contributed by atoms with Gasteiger partial charge in [-0.25, -0.2) is 4.79 Å². The van der Waals surface area contributed by atoms with Gasteiger partial charge in [0.2, 0.25) is 0 Å². The third kappa shape index (κ3) is 3.99. The van der Waals surface area contributed by atoms with Gasteiger partial charge in [0.1, 0.15) is 0 Å². The van der Waals surface area contributed by atoms with E-state index in [9.17, 15) is 10.1 Å². The maximum absolute atomic E-state index is 13.8. The van der Waals surface area contributed by atoms with Crippen molar-refractivity contribution in [3.05, 3.63) is 71.3 Å². The Bertz CT molecular complexity index is 1060. The average Bonchev–Trinajstić information content (AvgIpc) is 3.07. The predicted octanol–water partition coefficient (Wildman–Crippen LogP) is 5.37. The molecule has 2 aromatic rings. The number of hydrogen-bond acceptors (Lipinski definition) is 3. The SMILES string of the molecule is CN(C)[C@]1(c2ccccc2)CC[C@]2(CC1)CN(Cc1cccc(C#N)c1)C(=O)N2CC1CCC1. The lowest BCUT2D eigenvalue weighted by Gasteiger charge is -2.51. The van der Waals surface area contributed by atoms with Gasteiger partial charge in [-0.15, -0.1) is 0 Å². The zero-order valence-corrected chi connectivity index (χ0v) is 20.5. The Labute approximate surface area is 204 Å². The topological polar surface area (TPSA) is 50.6 Å². The monoisotopic (exact) mass is 456 g/mol. The fourth-order valence-electron chi connectivity index (χ4n) is 6.47. The summed E-state index contributed by atoms with van der Waals surface area (Å²) in [7, 11) is 4.40. The minimum atomic E-state index is -0.0895. The van der Waals surface area contributed by atoms with Crippen LogP contribution < -0.4 is 0 Å². The Hall–Kier alpha value is -2.84. The van der Waals surface area contributed by atoms with E-state index >= 15 is 0 Å². The van der Waals surface area contributed by atoms with Crippen molar-refractivity contribution in [1.29, 1.82) is 5.26 Å². The Balaban J connectivity index is 1.40. The summed E-state index contributed by atoms with van der Waals surface area (Å²) in [5.74, 6) is 0.650. The van der Waals surface area contributed by atoms with E-state index in [0.29, 0.717) is 18.0 Å². The van der Waals surface area contributed by atoms with Crippen molar-refractivity contribution in [2.75, 3.05) is 27.2 Å². The summed E-state index contributed by atoms with van der Waals surface area (Å²) in [4.78, 5) is 20.5. The summed E-state index contributed by atoms with van der Waals surface area (Å²) in [6.45, 7) is 2.26. The molecule has 3 fully saturated rings. The lowest BCUT2D eigenvalue weighted by Crippen LogP contribution is -2.56. The summed E-state index contributed by atoms with van der Waals surface area (Å²) in [6, 6.07) is 21.0. The minimum Gasteiger partial charge on any atom is -0.318 e. The van der Waals surface area contributed by atoms with Gasteiger partial charge < -0.3 is 9.80 Å². The van der Waals surface area contributed by atoms with Gasteiger partial charge in [-0.3, -0.25) is 4.90 Å². The zero-order chi connectivity index (χ0) is 23.8.